The lowest BCUT2D eigenvalue weighted by Crippen LogP contribution is -2.63. The average molecular weight is 854 g/mol. The van der Waals surface area contributed by atoms with E-state index in [1.165, 1.54) is 0 Å². The van der Waals surface area contributed by atoms with Crippen LogP contribution >= 0.6 is 11.3 Å². The van der Waals surface area contributed by atoms with Crippen LogP contribution in [-0.2, 0) is 14.4 Å². The van der Waals surface area contributed by atoms with Crippen LogP contribution in [-0.4, -0.2) is 113 Å². The van der Waals surface area contributed by atoms with Crippen LogP contribution in [0.5, 0.6) is 0 Å². The fraction of sp³-hybridized carbons (Fsp3) is 0.617. The van der Waals surface area contributed by atoms with Crippen molar-refractivity contribution in [3.05, 3.63) is 64.9 Å². The number of piperazine rings is 1. The molecular formula is C47H67N9O4S. The number of aryl methyl sites for hydroxylation is 1. The number of rotatable bonds is 13. The summed E-state index contributed by atoms with van der Waals surface area (Å²) in [6, 6.07) is 11.3. The molecule has 2 saturated carbocycles. The number of aromatic nitrogens is 2. The molecule has 2 aromatic heterocycles. The molecule has 4 aliphatic rings. The minimum absolute atomic E-state index is 0.0631. The maximum atomic E-state index is 14.1. The zero-order valence-electron chi connectivity index (χ0n) is 37.6. The van der Waals surface area contributed by atoms with Crippen molar-refractivity contribution in [2.75, 3.05) is 44.2 Å². The van der Waals surface area contributed by atoms with Crippen LogP contribution in [0.2, 0.25) is 0 Å². The van der Waals surface area contributed by atoms with Crippen molar-refractivity contribution in [2.45, 2.75) is 131 Å². The zero-order valence-corrected chi connectivity index (χ0v) is 38.5. The van der Waals surface area contributed by atoms with E-state index in [-0.39, 0.29) is 59.1 Å². The van der Waals surface area contributed by atoms with Gasteiger partial charge in [-0.3, -0.25) is 24.1 Å². The number of carbonyl (C=O) groups excluding carboxylic acids is 4. The van der Waals surface area contributed by atoms with Gasteiger partial charge in [-0.1, -0.05) is 72.7 Å². The zero-order chi connectivity index (χ0) is 43.9. The molecule has 61 heavy (non-hydrogen) atoms. The molecule has 4 fully saturated rings. The van der Waals surface area contributed by atoms with Crippen LogP contribution in [0.25, 0.3) is 10.4 Å². The summed E-state index contributed by atoms with van der Waals surface area (Å²) in [5.41, 5.74) is 5.15. The molecule has 2 aliphatic carbocycles. The van der Waals surface area contributed by atoms with E-state index in [2.05, 4.69) is 80.9 Å². The first kappa shape index (κ1) is 44.6. The molecule has 14 heteroatoms. The minimum atomic E-state index is -0.768. The summed E-state index contributed by atoms with van der Waals surface area (Å²) in [6.45, 7) is 22.8. The number of nitrogens with one attached hydrogen (secondary N) is 4. The van der Waals surface area contributed by atoms with Gasteiger partial charge in [0.15, 0.2) is 0 Å². The Kier molecular flexibility index (Phi) is 13.0. The maximum Gasteiger partial charge on any atom is 0.253 e. The number of thiazole rings is 1. The summed E-state index contributed by atoms with van der Waals surface area (Å²) < 4.78 is 0. The third-order valence-corrected chi connectivity index (χ3v) is 14.6. The first-order chi connectivity index (χ1) is 28.8. The van der Waals surface area contributed by atoms with Crippen LogP contribution in [0, 0.1) is 23.2 Å². The third-order valence-electron chi connectivity index (χ3n) is 13.6. The molecule has 3 aromatic rings. The standard InChI is InChI=1S/C47H67N9O4S/c1-29(31-12-14-32(15-13-31)39-30(2)50-28-61-39)51-42(59)36-11-10-18-56(36)43(60)40(45(3,4)5)52-38(57)26-48-34-23-35(24-34)54-19-21-55(22-20-54)37-17-16-33(25-49-37)41(58)53-44-46(6,7)27-47(44,8)9/h12-17,25,28-29,34-36,40,44,48H,10-11,18-24,26-27H2,1-9H3,(H,51,59)(H,52,57)(H,53,58)/t29-,34-,35+,36-,40+/m0/s1. The van der Waals surface area contributed by atoms with Crippen molar-refractivity contribution in [1.29, 1.82) is 0 Å². The van der Waals surface area contributed by atoms with Crippen LogP contribution in [0.1, 0.15) is 115 Å². The SMILES string of the molecule is Cc1ncsc1-c1ccc([C@H](C)NC(=O)[C@@H]2CCCN2C(=O)[C@@H](NC(=O)CN[C@H]2C[C@@H](N3CCN(c4ccc(C(=O)NC5C(C)(C)CC5(C)C)cn4)CC3)C2)C(C)(C)C)cc1. The fourth-order valence-electron chi connectivity index (χ4n) is 10.4. The molecular weight excluding hydrogens is 787 g/mol. The van der Waals surface area contributed by atoms with Gasteiger partial charge in [-0.2, -0.15) is 0 Å². The Bertz CT molecular complexity index is 2030. The normalized spacial score (nSPS) is 23.7. The first-order valence-corrected chi connectivity index (χ1v) is 23.1. The van der Waals surface area contributed by atoms with E-state index in [1.54, 1.807) is 22.4 Å². The van der Waals surface area contributed by atoms with E-state index in [4.69, 9.17) is 0 Å². The van der Waals surface area contributed by atoms with E-state index >= 15 is 0 Å². The highest BCUT2D eigenvalue weighted by Crippen LogP contribution is 2.53. The molecule has 0 radical (unpaired) electrons. The quantitative estimate of drug-likeness (QED) is 0.170. The fourth-order valence-corrected chi connectivity index (χ4v) is 11.3. The van der Waals surface area contributed by atoms with Crippen molar-refractivity contribution in [1.82, 2.24) is 41.0 Å². The van der Waals surface area contributed by atoms with Gasteiger partial charge in [-0.15, -0.1) is 11.3 Å². The van der Waals surface area contributed by atoms with Gasteiger partial charge >= 0.3 is 0 Å². The number of pyridine rings is 1. The molecule has 2 saturated heterocycles. The van der Waals surface area contributed by atoms with Gasteiger partial charge in [-0.25, -0.2) is 9.97 Å². The molecule has 0 bridgehead atoms. The summed E-state index contributed by atoms with van der Waals surface area (Å²) in [4.78, 5) is 70.8. The predicted octanol–water partition coefficient (Wildman–Crippen LogP) is 5.71. The number of hydrogen-bond acceptors (Lipinski definition) is 10. The minimum Gasteiger partial charge on any atom is -0.354 e. The second kappa shape index (κ2) is 17.8. The maximum absolute atomic E-state index is 14.1. The predicted molar refractivity (Wildman–Crippen MR) is 241 cm³/mol. The Morgan fingerprint density at radius 3 is 2.18 bits per heavy atom. The molecule has 4 heterocycles. The lowest BCUT2D eigenvalue weighted by atomic mass is 9.52. The Morgan fingerprint density at radius 1 is 0.902 bits per heavy atom. The Morgan fingerprint density at radius 2 is 1.59 bits per heavy atom. The topological polar surface area (TPSA) is 152 Å². The van der Waals surface area contributed by atoms with Gasteiger partial charge in [0.25, 0.3) is 5.91 Å². The number of likely N-dealkylation sites (tertiary alicyclic amines) is 1. The van der Waals surface area contributed by atoms with Crippen LogP contribution in [0.3, 0.4) is 0 Å². The van der Waals surface area contributed by atoms with Crippen molar-refractivity contribution in [3.63, 3.8) is 0 Å². The van der Waals surface area contributed by atoms with Gasteiger partial charge in [0.1, 0.15) is 17.9 Å². The van der Waals surface area contributed by atoms with E-state index in [1.807, 2.05) is 64.4 Å². The second-order valence-corrected chi connectivity index (χ2v) is 21.2. The van der Waals surface area contributed by atoms with Crippen molar-refractivity contribution >= 4 is 40.8 Å². The smallest absolute Gasteiger partial charge is 0.253 e. The molecule has 330 valence electrons. The number of nitrogens with zero attached hydrogens (tertiary/aromatic N) is 5. The first-order valence-electron chi connectivity index (χ1n) is 22.2. The highest BCUT2D eigenvalue weighted by molar-refractivity contribution is 7.13. The largest absolute Gasteiger partial charge is 0.354 e. The molecule has 0 spiro atoms. The highest BCUT2D eigenvalue weighted by atomic mass is 32.1. The van der Waals surface area contributed by atoms with E-state index in [0.29, 0.717) is 24.6 Å². The number of carbonyl (C=O) groups is 4. The molecule has 2 aliphatic heterocycles. The van der Waals surface area contributed by atoms with Gasteiger partial charge in [-0.05, 0) is 85.5 Å². The van der Waals surface area contributed by atoms with Crippen LogP contribution in [0.4, 0.5) is 5.82 Å². The summed E-state index contributed by atoms with van der Waals surface area (Å²) in [5, 5.41) is 12.9. The van der Waals surface area contributed by atoms with E-state index in [9.17, 15) is 19.2 Å². The summed E-state index contributed by atoms with van der Waals surface area (Å²) in [7, 11) is 0. The second-order valence-electron chi connectivity index (χ2n) is 20.4. The molecule has 0 unspecified atom stereocenters. The van der Waals surface area contributed by atoms with Crippen molar-refractivity contribution < 1.29 is 19.2 Å². The van der Waals surface area contributed by atoms with Crippen LogP contribution < -0.4 is 26.2 Å². The lowest BCUT2D eigenvalue weighted by Gasteiger charge is -2.57. The number of anilines is 1. The lowest BCUT2D eigenvalue weighted by molar-refractivity contribution is -0.144. The van der Waals surface area contributed by atoms with Gasteiger partial charge in [0, 0.05) is 57.0 Å². The molecule has 4 N–H and O–H groups in total. The molecule has 1 aromatic carbocycles. The Hall–Kier alpha value is -4.40. The Labute approximate surface area is 366 Å². The highest BCUT2D eigenvalue weighted by Gasteiger charge is 2.53. The third kappa shape index (κ3) is 9.97. The number of benzene rings is 1. The van der Waals surface area contributed by atoms with Gasteiger partial charge in [0.2, 0.25) is 17.7 Å². The van der Waals surface area contributed by atoms with Crippen LogP contribution in [0.15, 0.2) is 48.1 Å². The molecule has 4 amide bonds. The number of amides is 4. The van der Waals surface area contributed by atoms with Gasteiger partial charge in [0.05, 0.1) is 34.2 Å². The van der Waals surface area contributed by atoms with Gasteiger partial charge < -0.3 is 31.1 Å². The van der Waals surface area contributed by atoms with Crippen molar-refractivity contribution in [2.24, 2.45) is 16.2 Å². The molecule has 7 rings (SSSR count). The summed E-state index contributed by atoms with van der Waals surface area (Å²) in [5.74, 6) is 0.221. The van der Waals surface area contributed by atoms with E-state index in [0.717, 1.165) is 79.4 Å². The summed E-state index contributed by atoms with van der Waals surface area (Å²) >= 11 is 1.61. The van der Waals surface area contributed by atoms with Crippen molar-refractivity contribution in [3.8, 4) is 10.4 Å². The summed E-state index contributed by atoms with van der Waals surface area (Å²) in [6.07, 6.45) is 6.02. The Balaban J connectivity index is 0.831. The monoisotopic (exact) mass is 854 g/mol. The molecule has 3 atom stereocenters. The van der Waals surface area contributed by atoms with E-state index < -0.39 is 17.5 Å². The molecule has 13 nitrogen and oxygen atoms in total. The average Bonchev–Trinajstić information content (AvgIpc) is 3.87. The number of hydrogen-bond donors (Lipinski definition) is 4.